The molecule has 2 heterocycles. The summed E-state index contributed by atoms with van der Waals surface area (Å²) in [5, 5.41) is 3.28. The van der Waals surface area contributed by atoms with Crippen LogP contribution in [0.3, 0.4) is 0 Å². The number of carbonyl (C=O) groups excluding carboxylic acids is 1. The Balaban J connectivity index is 1.69. The molecule has 4 rings (SSSR count). The number of amides is 1. The van der Waals surface area contributed by atoms with E-state index in [9.17, 15) is 9.18 Å². The Morgan fingerprint density at radius 2 is 2.00 bits per heavy atom. The van der Waals surface area contributed by atoms with Crippen molar-refractivity contribution >= 4 is 17.3 Å². The Labute approximate surface area is 122 Å². The zero-order chi connectivity index (χ0) is 14.4. The second-order valence-electron chi connectivity index (χ2n) is 5.53. The zero-order valence-corrected chi connectivity index (χ0v) is 11.5. The Hall–Kier alpha value is -2.36. The van der Waals surface area contributed by atoms with Crippen LogP contribution in [0.15, 0.2) is 36.4 Å². The highest BCUT2D eigenvalue weighted by molar-refractivity contribution is 6.07. The molecule has 106 valence electrons. The summed E-state index contributed by atoms with van der Waals surface area (Å²) in [5.41, 5.74) is 4.71. The highest BCUT2D eigenvalue weighted by Gasteiger charge is 2.26. The van der Waals surface area contributed by atoms with Crippen molar-refractivity contribution in [2.75, 3.05) is 23.3 Å². The van der Waals surface area contributed by atoms with Gasteiger partial charge in [0.25, 0.3) is 5.91 Å². The van der Waals surface area contributed by atoms with E-state index in [1.807, 2.05) is 18.2 Å². The van der Waals surface area contributed by atoms with E-state index in [2.05, 4.69) is 5.32 Å². The first kappa shape index (κ1) is 12.4. The number of fused-ring (bicyclic) bond motifs is 2. The van der Waals surface area contributed by atoms with Gasteiger partial charge in [-0.1, -0.05) is 6.07 Å². The lowest BCUT2D eigenvalue weighted by molar-refractivity contribution is 0.0989. The number of halogens is 1. The molecule has 1 amide bonds. The molecule has 0 atom stereocenters. The molecule has 0 fully saturated rings. The van der Waals surface area contributed by atoms with Crippen LogP contribution in [0, 0.1) is 5.82 Å². The normalized spacial score (nSPS) is 15.6. The third-order valence-corrected chi connectivity index (χ3v) is 4.25. The van der Waals surface area contributed by atoms with E-state index in [0.717, 1.165) is 30.6 Å². The highest BCUT2D eigenvalue weighted by Crippen LogP contribution is 2.31. The van der Waals surface area contributed by atoms with Crippen LogP contribution >= 0.6 is 0 Å². The SMILES string of the molecule is O=C(c1ccc2c(c1)CCN2)N1CCc2ccc(F)cc21. The summed E-state index contributed by atoms with van der Waals surface area (Å²) in [6.45, 7) is 1.54. The number of rotatable bonds is 1. The van der Waals surface area contributed by atoms with Gasteiger partial charge in [-0.15, -0.1) is 0 Å². The molecule has 0 saturated heterocycles. The first-order valence-corrected chi connectivity index (χ1v) is 7.19. The van der Waals surface area contributed by atoms with Gasteiger partial charge < -0.3 is 10.2 Å². The van der Waals surface area contributed by atoms with Crippen molar-refractivity contribution in [3.8, 4) is 0 Å². The molecule has 2 aliphatic heterocycles. The third-order valence-electron chi connectivity index (χ3n) is 4.25. The third kappa shape index (κ3) is 1.98. The first-order chi connectivity index (χ1) is 10.2. The van der Waals surface area contributed by atoms with Crippen molar-refractivity contribution in [2.24, 2.45) is 0 Å². The largest absolute Gasteiger partial charge is 0.384 e. The summed E-state index contributed by atoms with van der Waals surface area (Å²) in [4.78, 5) is 14.4. The molecule has 0 aromatic heterocycles. The molecule has 4 heteroatoms. The van der Waals surface area contributed by atoms with E-state index in [0.29, 0.717) is 17.8 Å². The molecule has 21 heavy (non-hydrogen) atoms. The first-order valence-electron chi connectivity index (χ1n) is 7.19. The van der Waals surface area contributed by atoms with Crippen molar-refractivity contribution in [2.45, 2.75) is 12.8 Å². The quantitative estimate of drug-likeness (QED) is 0.872. The molecule has 2 aromatic rings. The van der Waals surface area contributed by atoms with E-state index in [1.165, 1.54) is 17.7 Å². The summed E-state index contributed by atoms with van der Waals surface area (Å²) >= 11 is 0. The molecule has 0 aliphatic carbocycles. The van der Waals surface area contributed by atoms with Crippen molar-refractivity contribution < 1.29 is 9.18 Å². The predicted octanol–water partition coefficient (Wildman–Crippen LogP) is 3.00. The van der Waals surface area contributed by atoms with Crippen LogP contribution in [0.2, 0.25) is 0 Å². The number of carbonyl (C=O) groups is 1. The molecule has 0 unspecified atom stereocenters. The fourth-order valence-corrected chi connectivity index (χ4v) is 3.16. The highest BCUT2D eigenvalue weighted by atomic mass is 19.1. The second kappa shape index (κ2) is 4.58. The van der Waals surface area contributed by atoms with Crippen LogP contribution < -0.4 is 10.2 Å². The van der Waals surface area contributed by atoms with Gasteiger partial charge in [0.05, 0.1) is 5.69 Å². The Bertz CT molecular complexity index is 742. The summed E-state index contributed by atoms with van der Waals surface area (Å²) in [6.07, 6.45) is 1.73. The van der Waals surface area contributed by atoms with Gasteiger partial charge in [0, 0.05) is 24.3 Å². The zero-order valence-electron chi connectivity index (χ0n) is 11.5. The molecule has 0 saturated carbocycles. The van der Waals surface area contributed by atoms with E-state index in [-0.39, 0.29) is 11.7 Å². The molecule has 0 spiro atoms. The molecule has 0 bridgehead atoms. The van der Waals surface area contributed by atoms with E-state index in [4.69, 9.17) is 0 Å². The van der Waals surface area contributed by atoms with Crippen LogP contribution in [0.25, 0.3) is 0 Å². The lowest BCUT2D eigenvalue weighted by atomic mass is 10.1. The monoisotopic (exact) mass is 282 g/mol. The molecular formula is C17H15FN2O. The average Bonchev–Trinajstić information content (AvgIpc) is 3.11. The molecule has 2 aromatic carbocycles. The second-order valence-corrected chi connectivity index (χ2v) is 5.53. The van der Waals surface area contributed by atoms with Gasteiger partial charge in [0.2, 0.25) is 0 Å². The van der Waals surface area contributed by atoms with E-state index < -0.39 is 0 Å². The fourth-order valence-electron chi connectivity index (χ4n) is 3.16. The minimum Gasteiger partial charge on any atom is -0.384 e. The standard InChI is InChI=1S/C17H15FN2O/c18-14-3-1-11-6-8-20(16(11)10-14)17(21)13-2-4-15-12(9-13)5-7-19-15/h1-4,9-10,19H,5-8H2. The molecule has 2 aliphatic rings. The number of nitrogens with zero attached hydrogens (tertiary/aromatic N) is 1. The minimum atomic E-state index is -0.299. The van der Waals surface area contributed by atoms with Gasteiger partial charge >= 0.3 is 0 Å². The maximum absolute atomic E-state index is 13.4. The number of benzene rings is 2. The van der Waals surface area contributed by atoms with Crippen LogP contribution in [-0.2, 0) is 12.8 Å². The average molecular weight is 282 g/mol. The van der Waals surface area contributed by atoms with Gasteiger partial charge in [-0.3, -0.25) is 4.79 Å². The van der Waals surface area contributed by atoms with Crippen molar-refractivity contribution in [1.82, 2.24) is 0 Å². The van der Waals surface area contributed by atoms with Crippen molar-refractivity contribution in [3.05, 3.63) is 58.9 Å². The molecular weight excluding hydrogens is 267 g/mol. The maximum atomic E-state index is 13.4. The number of hydrogen-bond donors (Lipinski definition) is 1. The summed E-state index contributed by atoms with van der Waals surface area (Å²) in [7, 11) is 0. The summed E-state index contributed by atoms with van der Waals surface area (Å²) < 4.78 is 13.4. The predicted molar refractivity (Wildman–Crippen MR) is 80.4 cm³/mol. The van der Waals surface area contributed by atoms with Crippen LogP contribution in [0.4, 0.5) is 15.8 Å². The van der Waals surface area contributed by atoms with Gasteiger partial charge in [0.15, 0.2) is 0 Å². The lowest BCUT2D eigenvalue weighted by Crippen LogP contribution is -2.29. The Kier molecular flexibility index (Phi) is 2.70. The van der Waals surface area contributed by atoms with E-state index in [1.54, 1.807) is 11.0 Å². The van der Waals surface area contributed by atoms with Crippen LogP contribution in [0.1, 0.15) is 21.5 Å². The minimum absolute atomic E-state index is 0.0472. The smallest absolute Gasteiger partial charge is 0.258 e. The van der Waals surface area contributed by atoms with Crippen LogP contribution in [-0.4, -0.2) is 19.0 Å². The van der Waals surface area contributed by atoms with Gasteiger partial charge in [0.1, 0.15) is 5.82 Å². The number of hydrogen-bond acceptors (Lipinski definition) is 2. The Morgan fingerprint density at radius 3 is 2.90 bits per heavy atom. The van der Waals surface area contributed by atoms with Gasteiger partial charge in [-0.2, -0.15) is 0 Å². The topological polar surface area (TPSA) is 32.3 Å². The molecule has 1 N–H and O–H groups in total. The maximum Gasteiger partial charge on any atom is 0.258 e. The van der Waals surface area contributed by atoms with Gasteiger partial charge in [-0.05, 0) is 54.3 Å². The van der Waals surface area contributed by atoms with E-state index >= 15 is 0 Å². The Morgan fingerprint density at radius 1 is 1.10 bits per heavy atom. The fraction of sp³-hybridized carbons (Fsp3) is 0.235. The van der Waals surface area contributed by atoms with Crippen LogP contribution in [0.5, 0.6) is 0 Å². The summed E-state index contributed by atoms with van der Waals surface area (Å²) in [6, 6.07) is 10.4. The summed E-state index contributed by atoms with van der Waals surface area (Å²) in [5.74, 6) is -0.347. The molecule has 0 radical (unpaired) electrons. The number of nitrogens with one attached hydrogen (secondary N) is 1. The molecule has 3 nitrogen and oxygen atoms in total. The van der Waals surface area contributed by atoms with Gasteiger partial charge in [-0.25, -0.2) is 4.39 Å². The number of anilines is 2. The lowest BCUT2D eigenvalue weighted by Gasteiger charge is -2.18. The van der Waals surface area contributed by atoms with Crippen molar-refractivity contribution in [1.29, 1.82) is 0 Å². The van der Waals surface area contributed by atoms with Crippen molar-refractivity contribution in [3.63, 3.8) is 0 Å².